The number of hydrogen-bond acceptors (Lipinski definition) is 4. The van der Waals surface area contributed by atoms with Gasteiger partial charge in [-0.2, -0.15) is 0 Å². The number of hydrogen-bond donors (Lipinski definition) is 2. The van der Waals surface area contributed by atoms with Gasteiger partial charge < -0.3 is 19.8 Å². The van der Waals surface area contributed by atoms with E-state index in [0.717, 1.165) is 5.52 Å². The van der Waals surface area contributed by atoms with E-state index in [1.807, 2.05) is 6.07 Å². The molecule has 0 radical (unpaired) electrons. The van der Waals surface area contributed by atoms with E-state index in [9.17, 15) is 4.79 Å². The third-order valence-electron chi connectivity index (χ3n) is 3.35. The maximum Gasteiger partial charge on any atom is 0.258 e. The van der Waals surface area contributed by atoms with E-state index in [1.54, 1.807) is 50.9 Å². The van der Waals surface area contributed by atoms with Crippen LogP contribution in [-0.2, 0) is 0 Å². The van der Waals surface area contributed by atoms with Gasteiger partial charge in [0.2, 0.25) is 0 Å². The number of nitrogens with one attached hydrogen (secondary N) is 2. The number of H-pyrrole nitrogens is 1. The average Bonchev–Trinajstić information content (AvgIpc) is 3.03. The third-order valence-corrected chi connectivity index (χ3v) is 3.35. The highest BCUT2D eigenvalue weighted by atomic mass is 16.5. The summed E-state index contributed by atoms with van der Waals surface area (Å²) in [5.41, 5.74) is 2.51. The van der Waals surface area contributed by atoms with Crippen LogP contribution in [0.1, 0.15) is 10.4 Å². The Kier molecular flexibility index (Phi) is 3.65. The Morgan fingerprint density at radius 2 is 2.05 bits per heavy atom. The first-order chi connectivity index (χ1) is 10.7. The number of carbonyl (C=O) groups is 1. The minimum atomic E-state index is -0.249. The number of carbonyl (C=O) groups excluding carboxylic acids is 1. The molecule has 2 N–H and O–H groups in total. The number of rotatable bonds is 4. The number of ether oxygens (including phenoxy) is 2. The second-order valence-corrected chi connectivity index (χ2v) is 4.62. The van der Waals surface area contributed by atoms with Gasteiger partial charge in [0.1, 0.15) is 17.0 Å². The van der Waals surface area contributed by atoms with Crippen molar-refractivity contribution in [3.8, 4) is 11.5 Å². The van der Waals surface area contributed by atoms with Crippen molar-refractivity contribution in [2.45, 2.75) is 0 Å². The van der Waals surface area contributed by atoms with Gasteiger partial charge in [0.05, 0.1) is 37.3 Å². The number of amides is 1. The molecule has 6 heteroatoms. The molecule has 0 fully saturated rings. The van der Waals surface area contributed by atoms with Gasteiger partial charge in [-0.25, -0.2) is 4.98 Å². The Balaban J connectivity index is 1.93. The quantitative estimate of drug-likeness (QED) is 0.776. The maximum atomic E-state index is 12.5. The van der Waals surface area contributed by atoms with Crippen molar-refractivity contribution in [1.29, 1.82) is 0 Å². The predicted octanol–water partition coefficient (Wildman–Crippen LogP) is 2.83. The lowest BCUT2D eigenvalue weighted by molar-refractivity contribution is 0.102. The van der Waals surface area contributed by atoms with Crippen LogP contribution in [-0.4, -0.2) is 30.1 Å². The van der Waals surface area contributed by atoms with Crippen molar-refractivity contribution >= 4 is 22.6 Å². The molecule has 0 saturated heterocycles. The lowest BCUT2D eigenvalue weighted by Gasteiger charge is -2.11. The molecule has 0 aliphatic rings. The van der Waals surface area contributed by atoms with E-state index >= 15 is 0 Å². The molecular weight excluding hydrogens is 282 g/mol. The SMILES string of the molecule is COc1ccc(NC(=O)c2cccc3[nH]cnc23)c(OC)c1. The Morgan fingerprint density at radius 1 is 1.18 bits per heavy atom. The van der Waals surface area contributed by atoms with E-state index in [-0.39, 0.29) is 5.91 Å². The first kappa shape index (κ1) is 13.9. The summed E-state index contributed by atoms with van der Waals surface area (Å²) in [6, 6.07) is 10.6. The van der Waals surface area contributed by atoms with Crippen molar-refractivity contribution in [2.24, 2.45) is 0 Å². The number of aromatic amines is 1. The van der Waals surface area contributed by atoms with Gasteiger partial charge in [-0.1, -0.05) is 6.07 Å². The van der Waals surface area contributed by atoms with E-state index < -0.39 is 0 Å². The Labute approximate surface area is 127 Å². The summed E-state index contributed by atoms with van der Waals surface area (Å²) in [6.45, 7) is 0. The van der Waals surface area contributed by atoms with Crippen LogP contribution in [0.25, 0.3) is 11.0 Å². The van der Waals surface area contributed by atoms with Gasteiger partial charge in [-0.15, -0.1) is 0 Å². The van der Waals surface area contributed by atoms with Crippen LogP contribution in [0.3, 0.4) is 0 Å². The molecule has 0 atom stereocenters. The minimum absolute atomic E-state index is 0.249. The molecule has 6 nitrogen and oxygen atoms in total. The van der Waals surface area contributed by atoms with Gasteiger partial charge in [-0.3, -0.25) is 4.79 Å². The van der Waals surface area contributed by atoms with E-state index in [2.05, 4.69) is 15.3 Å². The van der Waals surface area contributed by atoms with Crippen LogP contribution in [0.5, 0.6) is 11.5 Å². The molecule has 1 aromatic heterocycles. The second-order valence-electron chi connectivity index (χ2n) is 4.62. The number of benzene rings is 2. The molecule has 0 aliphatic carbocycles. The second kappa shape index (κ2) is 5.77. The molecular formula is C16H15N3O3. The van der Waals surface area contributed by atoms with E-state index in [4.69, 9.17) is 9.47 Å². The molecule has 0 saturated carbocycles. The summed E-state index contributed by atoms with van der Waals surface area (Å²) in [6.07, 6.45) is 1.56. The first-order valence-corrected chi connectivity index (χ1v) is 6.68. The summed E-state index contributed by atoms with van der Waals surface area (Å²) < 4.78 is 10.4. The van der Waals surface area contributed by atoms with Gasteiger partial charge >= 0.3 is 0 Å². The zero-order chi connectivity index (χ0) is 15.5. The van der Waals surface area contributed by atoms with Crippen molar-refractivity contribution in [2.75, 3.05) is 19.5 Å². The zero-order valence-corrected chi connectivity index (χ0v) is 12.2. The Hall–Kier alpha value is -3.02. The Morgan fingerprint density at radius 3 is 2.82 bits per heavy atom. The monoisotopic (exact) mass is 297 g/mol. The van der Waals surface area contributed by atoms with Crippen LogP contribution in [0, 0.1) is 0 Å². The van der Waals surface area contributed by atoms with Crippen LogP contribution in [0.4, 0.5) is 5.69 Å². The predicted molar refractivity (Wildman–Crippen MR) is 83.6 cm³/mol. The third kappa shape index (κ3) is 2.46. The molecule has 2 aromatic carbocycles. The Bertz CT molecular complexity index is 826. The molecule has 112 valence electrons. The van der Waals surface area contributed by atoms with Crippen LogP contribution in [0.2, 0.25) is 0 Å². The maximum absolute atomic E-state index is 12.5. The summed E-state index contributed by atoms with van der Waals surface area (Å²) >= 11 is 0. The fourth-order valence-electron chi connectivity index (χ4n) is 2.24. The van der Waals surface area contributed by atoms with Gasteiger partial charge in [0.25, 0.3) is 5.91 Å². The standard InChI is InChI=1S/C16H15N3O3/c1-21-10-6-7-12(14(8-10)22-2)19-16(20)11-4-3-5-13-15(11)18-9-17-13/h3-9H,1-2H3,(H,17,18)(H,19,20). The van der Waals surface area contributed by atoms with Crippen molar-refractivity contribution in [3.63, 3.8) is 0 Å². The topological polar surface area (TPSA) is 76.2 Å². The summed E-state index contributed by atoms with van der Waals surface area (Å²) in [5.74, 6) is 0.937. The van der Waals surface area contributed by atoms with Crippen LogP contribution >= 0.6 is 0 Å². The van der Waals surface area contributed by atoms with Crippen LogP contribution < -0.4 is 14.8 Å². The molecule has 22 heavy (non-hydrogen) atoms. The lowest BCUT2D eigenvalue weighted by Crippen LogP contribution is -2.13. The average molecular weight is 297 g/mol. The number of imidazole rings is 1. The number of fused-ring (bicyclic) bond motifs is 1. The summed E-state index contributed by atoms with van der Waals surface area (Å²) in [5, 5.41) is 2.84. The molecule has 0 unspecified atom stereocenters. The fourth-order valence-corrected chi connectivity index (χ4v) is 2.24. The number of methoxy groups -OCH3 is 2. The molecule has 0 spiro atoms. The van der Waals surface area contributed by atoms with Crippen molar-refractivity contribution < 1.29 is 14.3 Å². The smallest absolute Gasteiger partial charge is 0.258 e. The zero-order valence-electron chi connectivity index (χ0n) is 12.2. The van der Waals surface area contributed by atoms with Gasteiger partial charge in [-0.05, 0) is 24.3 Å². The normalized spacial score (nSPS) is 10.5. The summed E-state index contributed by atoms with van der Waals surface area (Å²) in [7, 11) is 3.12. The van der Waals surface area contributed by atoms with E-state index in [1.165, 1.54) is 0 Å². The lowest BCUT2D eigenvalue weighted by atomic mass is 10.1. The molecule has 0 aliphatic heterocycles. The van der Waals surface area contributed by atoms with Crippen LogP contribution in [0.15, 0.2) is 42.7 Å². The first-order valence-electron chi connectivity index (χ1n) is 6.68. The molecule has 3 rings (SSSR count). The number of nitrogens with zero attached hydrogens (tertiary/aromatic N) is 1. The highest BCUT2D eigenvalue weighted by Gasteiger charge is 2.14. The van der Waals surface area contributed by atoms with Gasteiger partial charge in [0.15, 0.2) is 0 Å². The molecule has 0 bridgehead atoms. The highest BCUT2D eigenvalue weighted by molar-refractivity contribution is 6.11. The highest BCUT2D eigenvalue weighted by Crippen LogP contribution is 2.29. The van der Waals surface area contributed by atoms with Crippen molar-refractivity contribution in [1.82, 2.24) is 9.97 Å². The van der Waals surface area contributed by atoms with E-state index in [0.29, 0.717) is 28.3 Å². The molecule has 3 aromatic rings. The minimum Gasteiger partial charge on any atom is -0.497 e. The van der Waals surface area contributed by atoms with Gasteiger partial charge in [0, 0.05) is 6.07 Å². The number of para-hydroxylation sites is 1. The van der Waals surface area contributed by atoms with Crippen molar-refractivity contribution in [3.05, 3.63) is 48.3 Å². The fraction of sp³-hybridized carbons (Fsp3) is 0.125. The molecule has 1 heterocycles. The largest absolute Gasteiger partial charge is 0.497 e. The number of anilines is 1. The summed E-state index contributed by atoms with van der Waals surface area (Å²) in [4.78, 5) is 19.7. The number of aromatic nitrogens is 2. The molecule has 1 amide bonds.